The summed E-state index contributed by atoms with van der Waals surface area (Å²) in [4.78, 5) is 10.8. The molecule has 2 rings (SSSR count). The molecule has 2 atom stereocenters. The number of aromatic carboxylic acids is 1. The summed E-state index contributed by atoms with van der Waals surface area (Å²) in [6.45, 7) is 2.76. The normalized spacial score (nSPS) is 23.2. The van der Waals surface area contributed by atoms with Crippen molar-refractivity contribution in [3.63, 3.8) is 0 Å². The predicted octanol–water partition coefficient (Wildman–Crippen LogP) is 2.93. The van der Waals surface area contributed by atoms with Crippen LogP contribution >= 0.6 is 11.8 Å². The maximum Gasteiger partial charge on any atom is 0.338 e. The molecular weight excluding hydrogens is 255 g/mol. The van der Waals surface area contributed by atoms with E-state index in [-0.39, 0.29) is 11.7 Å². The van der Waals surface area contributed by atoms with Crippen molar-refractivity contribution in [3.8, 4) is 0 Å². The summed E-state index contributed by atoms with van der Waals surface area (Å²) in [5, 5.41) is 9.20. The van der Waals surface area contributed by atoms with Gasteiger partial charge in [0, 0.05) is 17.6 Å². The largest absolute Gasteiger partial charge is 0.478 e. The van der Waals surface area contributed by atoms with Gasteiger partial charge in [0.15, 0.2) is 0 Å². The van der Waals surface area contributed by atoms with Crippen molar-refractivity contribution in [1.82, 2.24) is 0 Å². The Morgan fingerprint density at radius 1 is 1.61 bits per heavy atom. The monoisotopic (exact) mass is 270 g/mol. The van der Waals surface area contributed by atoms with E-state index >= 15 is 0 Å². The van der Waals surface area contributed by atoms with E-state index in [1.165, 1.54) is 6.07 Å². The molecule has 1 fully saturated rings. The molecule has 0 radical (unpaired) electrons. The van der Waals surface area contributed by atoms with Gasteiger partial charge in [0.05, 0.1) is 11.7 Å². The Kier molecular flexibility index (Phi) is 4.24. The van der Waals surface area contributed by atoms with E-state index in [4.69, 9.17) is 9.84 Å². The van der Waals surface area contributed by atoms with Crippen LogP contribution in [-0.2, 0) is 10.5 Å². The highest BCUT2D eigenvalue weighted by Crippen LogP contribution is 2.30. The average molecular weight is 270 g/mol. The molecular formula is C13H15FO3S. The second-order valence-electron chi connectivity index (χ2n) is 4.30. The van der Waals surface area contributed by atoms with Gasteiger partial charge in [-0.3, -0.25) is 0 Å². The van der Waals surface area contributed by atoms with Crippen molar-refractivity contribution in [1.29, 1.82) is 0 Å². The number of ether oxygens (including phenoxy) is 1. The number of halogens is 1. The van der Waals surface area contributed by atoms with Crippen molar-refractivity contribution < 1.29 is 19.0 Å². The Morgan fingerprint density at radius 2 is 2.39 bits per heavy atom. The lowest BCUT2D eigenvalue weighted by Crippen LogP contribution is -2.13. The summed E-state index contributed by atoms with van der Waals surface area (Å²) < 4.78 is 19.3. The quantitative estimate of drug-likeness (QED) is 0.913. The molecule has 0 amide bonds. The zero-order valence-electron chi connectivity index (χ0n) is 10.1. The van der Waals surface area contributed by atoms with Gasteiger partial charge in [-0.15, -0.1) is 0 Å². The van der Waals surface area contributed by atoms with E-state index in [9.17, 15) is 9.18 Å². The van der Waals surface area contributed by atoms with Crippen molar-refractivity contribution >= 4 is 17.7 Å². The summed E-state index contributed by atoms with van der Waals surface area (Å²) >= 11 is 1.62. The zero-order valence-corrected chi connectivity index (χ0v) is 10.9. The molecule has 5 heteroatoms. The molecule has 0 bridgehead atoms. The van der Waals surface area contributed by atoms with E-state index in [0.717, 1.165) is 13.0 Å². The minimum absolute atomic E-state index is 0.181. The fourth-order valence-corrected chi connectivity index (χ4v) is 3.21. The number of hydrogen-bond donors (Lipinski definition) is 1. The third kappa shape index (κ3) is 2.84. The maximum absolute atomic E-state index is 13.9. The number of thioether (sulfide) groups is 1. The number of rotatable bonds is 4. The highest BCUT2D eigenvalue weighted by Gasteiger charge is 2.25. The van der Waals surface area contributed by atoms with Crippen molar-refractivity contribution in [3.05, 3.63) is 35.1 Å². The lowest BCUT2D eigenvalue weighted by Gasteiger charge is -2.14. The number of carbonyl (C=O) groups is 1. The summed E-state index contributed by atoms with van der Waals surface area (Å²) in [7, 11) is 0. The van der Waals surface area contributed by atoms with Crippen LogP contribution in [0.25, 0.3) is 0 Å². The molecule has 2 unspecified atom stereocenters. The molecule has 1 aromatic carbocycles. The number of hydrogen-bond acceptors (Lipinski definition) is 3. The van der Waals surface area contributed by atoms with E-state index in [2.05, 4.69) is 0 Å². The second kappa shape index (κ2) is 5.71. The molecule has 0 spiro atoms. The Morgan fingerprint density at radius 3 is 3.00 bits per heavy atom. The van der Waals surface area contributed by atoms with E-state index in [0.29, 0.717) is 16.6 Å². The highest BCUT2D eigenvalue weighted by atomic mass is 32.2. The van der Waals surface area contributed by atoms with Gasteiger partial charge in [0.1, 0.15) is 5.82 Å². The van der Waals surface area contributed by atoms with E-state index in [1.54, 1.807) is 23.9 Å². The van der Waals surface area contributed by atoms with Crippen LogP contribution in [0.4, 0.5) is 4.39 Å². The SMILES string of the molecule is CC1OCCC1SCc1cccc(C(=O)O)c1F. The fraction of sp³-hybridized carbons (Fsp3) is 0.462. The summed E-state index contributed by atoms with van der Waals surface area (Å²) in [5.41, 5.74) is 0.183. The first kappa shape index (κ1) is 13.4. The Bertz CT molecular complexity index is 450. The average Bonchev–Trinajstić information content (AvgIpc) is 2.73. The van der Waals surface area contributed by atoms with E-state index < -0.39 is 11.8 Å². The summed E-state index contributed by atoms with van der Waals surface area (Å²) in [6, 6.07) is 4.50. The summed E-state index contributed by atoms with van der Waals surface area (Å²) in [6.07, 6.45) is 1.15. The molecule has 1 heterocycles. The third-order valence-corrected chi connectivity index (χ3v) is 4.59. The Balaban J connectivity index is 2.05. The van der Waals surface area contributed by atoms with Crippen LogP contribution in [-0.4, -0.2) is 29.0 Å². The fourth-order valence-electron chi connectivity index (χ4n) is 1.98. The molecule has 1 aliphatic rings. The molecule has 1 aromatic rings. The van der Waals surface area contributed by atoms with Gasteiger partial charge in [0.25, 0.3) is 0 Å². The van der Waals surface area contributed by atoms with Crippen LogP contribution < -0.4 is 0 Å². The maximum atomic E-state index is 13.9. The van der Waals surface area contributed by atoms with Crippen LogP contribution in [0, 0.1) is 5.82 Å². The van der Waals surface area contributed by atoms with Crippen molar-refractivity contribution in [2.45, 2.75) is 30.5 Å². The van der Waals surface area contributed by atoms with Crippen LogP contribution in [0.15, 0.2) is 18.2 Å². The van der Waals surface area contributed by atoms with E-state index in [1.807, 2.05) is 6.92 Å². The molecule has 0 aliphatic carbocycles. The number of carboxylic acid groups (broad SMARTS) is 1. The van der Waals surface area contributed by atoms with Gasteiger partial charge in [-0.05, 0) is 25.0 Å². The number of benzene rings is 1. The van der Waals surface area contributed by atoms with Crippen LogP contribution in [0.3, 0.4) is 0 Å². The molecule has 98 valence electrons. The minimum atomic E-state index is -1.23. The van der Waals surface area contributed by atoms with Gasteiger partial charge in [-0.1, -0.05) is 12.1 Å². The molecule has 0 saturated carbocycles. The third-order valence-electron chi connectivity index (χ3n) is 3.07. The van der Waals surface area contributed by atoms with Crippen LogP contribution in [0.5, 0.6) is 0 Å². The molecule has 1 saturated heterocycles. The van der Waals surface area contributed by atoms with Gasteiger partial charge in [-0.2, -0.15) is 11.8 Å². The lowest BCUT2D eigenvalue weighted by molar-refractivity contribution is 0.0691. The van der Waals surface area contributed by atoms with Gasteiger partial charge in [0.2, 0.25) is 0 Å². The number of carboxylic acids is 1. The van der Waals surface area contributed by atoms with Gasteiger partial charge in [-0.25, -0.2) is 9.18 Å². The van der Waals surface area contributed by atoms with Gasteiger partial charge >= 0.3 is 5.97 Å². The van der Waals surface area contributed by atoms with Gasteiger partial charge < -0.3 is 9.84 Å². The molecule has 1 N–H and O–H groups in total. The first-order valence-electron chi connectivity index (χ1n) is 5.83. The molecule has 1 aliphatic heterocycles. The first-order valence-corrected chi connectivity index (χ1v) is 6.88. The smallest absolute Gasteiger partial charge is 0.338 e. The topological polar surface area (TPSA) is 46.5 Å². The second-order valence-corrected chi connectivity index (χ2v) is 5.53. The molecule has 18 heavy (non-hydrogen) atoms. The predicted molar refractivity (Wildman–Crippen MR) is 68.5 cm³/mol. The van der Waals surface area contributed by atoms with Crippen LogP contribution in [0.2, 0.25) is 0 Å². The summed E-state index contributed by atoms with van der Waals surface area (Å²) in [5.74, 6) is -1.37. The van der Waals surface area contributed by atoms with Crippen LogP contribution in [0.1, 0.15) is 29.3 Å². The lowest BCUT2D eigenvalue weighted by atomic mass is 10.1. The van der Waals surface area contributed by atoms with Crippen molar-refractivity contribution in [2.24, 2.45) is 0 Å². The standard InChI is InChI=1S/C13H15FO3S/c1-8-11(5-6-17-8)18-7-9-3-2-4-10(12(9)14)13(15)16/h2-4,8,11H,5-7H2,1H3,(H,15,16). The zero-order chi connectivity index (χ0) is 13.1. The minimum Gasteiger partial charge on any atom is -0.478 e. The van der Waals surface area contributed by atoms with Crippen molar-refractivity contribution in [2.75, 3.05) is 6.61 Å². The molecule has 3 nitrogen and oxygen atoms in total. The first-order chi connectivity index (χ1) is 8.59. The molecule has 0 aromatic heterocycles. The Hall–Kier alpha value is -1.07. The Labute approximate surface area is 109 Å². The highest BCUT2D eigenvalue weighted by molar-refractivity contribution is 7.99.